The van der Waals surface area contributed by atoms with Gasteiger partial charge >= 0.3 is 35.5 Å². The third kappa shape index (κ3) is 8.47. The molecule has 0 aromatic carbocycles. The molecule has 2 nitrogen and oxygen atoms in total. The maximum absolute atomic E-state index is 10.4. The summed E-state index contributed by atoms with van der Waals surface area (Å²) in [6.45, 7) is 4.27. The van der Waals surface area contributed by atoms with Gasteiger partial charge in [0.1, 0.15) is 0 Å². The van der Waals surface area contributed by atoms with Crippen LogP contribution in [0.2, 0.25) is 0 Å². The predicted molar refractivity (Wildman–Crippen MR) is 38.7 cm³/mol. The Labute approximate surface area is 78.3 Å². The van der Waals surface area contributed by atoms with E-state index in [0.29, 0.717) is 13.0 Å². The fraction of sp³-hybridized carbons (Fsp3) is 0.833. The van der Waals surface area contributed by atoms with Crippen molar-refractivity contribution < 1.29 is 9.53 Å². The molecule has 0 unspecified atom stereocenters. The summed E-state index contributed by atoms with van der Waals surface area (Å²) in [5.41, 5.74) is 0. The van der Waals surface area contributed by atoms with Gasteiger partial charge in [-0.2, -0.15) is 0 Å². The second-order valence-electron chi connectivity index (χ2n) is 1.56. The quantitative estimate of drug-likeness (QED) is 0.426. The van der Waals surface area contributed by atoms with E-state index >= 15 is 0 Å². The number of esters is 1. The van der Waals surface area contributed by atoms with E-state index in [1.54, 1.807) is 0 Å². The zero-order valence-electron chi connectivity index (χ0n) is 5.44. The van der Waals surface area contributed by atoms with E-state index in [1.165, 1.54) is 0 Å². The summed E-state index contributed by atoms with van der Waals surface area (Å²) in [4.78, 5) is 10.4. The molecule has 0 aliphatic carbocycles. The van der Waals surface area contributed by atoms with Gasteiger partial charge in [0.15, 0.2) is 0 Å². The van der Waals surface area contributed by atoms with Gasteiger partial charge in [-0.05, 0) is 13.3 Å². The van der Waals surface area contributed by atoms with Crippen LogP contribution in [0.25, 0.3) is 0 Å². The first-order chi connectivity index (χ1) is 3.81. The van der Waals surface area contributed by atoms with Gasteiger partial charge in [-0.1, -0.05) is 6.92 Å². The van der Waals surface area contributed by atoms with Crippen LogP contribution < -0.4 is 0 Å². The van der Waals surface area contributed by atoms with E-state index in [-0.39, 0.29) is 35.5 Å². The normalized spacial score (nSPS) is 7.78. The Morgan fingerprint density at radius 1 is 1.44 bits per heavy atom. The number of carbonyl (C=O) groups is 1. The molecule has 0 aromatic heterocycles. The molecule has 0 aliphatic heterocycles. The Hall–Kier alpha value is 0.470. The van der Waals surface area contributed by atoms with Gasteiger partial charge < -0.3 is 4.74 Å². The summed E-state index contributed by atoms with van der Waals surface area (Å²) in [6, 6.07) is 0. The number of hydrogen-bond acceptors (Lipinski definition) is 2. The molecular weight excluding hydrogens is 127 g/mol. The van der Waals surface area contributed by atoms with Crippen molar-refractivity contribution in [2.75, 3.05) is 6.61 Å². The molecule has 0 aliphatic rings. The van der Waals surface area contributed by atoms with Crippen LogP contribution in [-0.4, -0.2) is 42.1 Å². The zero-order valence-corrected chi connectivity index (χ0v) is 5.44. The van der Waals surface area contributed by atoms with Crippen LogP contribution in [0.4, 0.5) is 0 Å². The summed E-state index contributed by atoms with van der Waals surface area (Å²) >= 11 is 0. The van der Waals surface area contributed by atoms with Crippen molar-refractivity contribution in [3.05, 3.63) is 0 Å². The van der Waals surface area contributed by atoms with E-state index in [2.05, 4.69) is 4.74 Å². The molecule has 0 fully saturated rings. The van der Waals surface area contributed by atoms with Crippen LogP contribution >= 0.6 is 0 Å². The van der Waals surface area contributed by atoms with Crippen LogP contribution in [0, 0.1) is 0 Å². The molecule has 50 valence electrons. The van der Waals surface area contributed by atoms with Crippen molar-refractivity contribution in [2.45, 2.75) is 26.7 Å². The fourth-order valence-electron chi connectivity index (χ4n) is 0.437. The van der Waals surface area contributed by atoms with Gasteiger partial charge in [0.05, 0.1) is 6.61 Å². The average molecular weight is 140 g/mol. The second kappa shape index (κ2) is 8.47. The average Bonchev–Trinajstić information content (AvgIpc) is 1.68. The summed E-state index contributed by atoms with van der Waals surface area (Å²) in [5.74, 6) is -0.0880. The standard InChI is InChI=1S/C6H12O2.Na.H/c1-3-5-6(7)8-4-2;;/h3-5H2,1-2H3;;. The summed E-state index contributed by atoms with van der Waals surface area (Å²) in [6.07, 6.45) is 1.42. The van der Waals surface area contributed by atoms with E-state index < -0.39 is 0 Å². The molecule has 0 saturated heterocycles. The molecule has 9 heavy (non-hydrogen) atoms. The fourth-order valence-corrected chi connectivity index (χ4v) is 0.437. The second-order valence-corrected chi connectivity index (χ2v) is 1.56. The predicted octanol–water partition coefficient (Wildman–Crippen LogP) is 0.701. The van der Waals surface area contributed by atoms with Crippen LogP contribution in [0.1, 0.15) is 26.7 Å². The van der Waals surface area contributed by atoms with E-state index in [1.807, 2.05) is 13.8 Å². The Balaban J connectivity index is 0. The molecule has 0 aromatic rings. The van der Waals surface area contributed by atoms with Crippen LogP contribution in [0.5, 0.6) is 0 Å². The van der Waals surface area contributed by atoms with E-state index in [9.17, 15) is 4.79 Å². The maximum atomic E-state index is 10.4. The van der Waals surface area contributed by atoms with Gasteiger partial charge in [0, 0.05) is 6.42 Å². The molecule has 0 saturated carbocycles. The first-order valence-corrected chi connectivity index (χ1v) is 2.96. The third-order valence-corrected chi connectivity index (χ3v) is 0.759. The zero-order chi connectivity index (χ0) is 6.41. The first-order valence-electron chi connectivity index (χ1n) is 2.96. The van der Waals surface area contributed by atoms with Crippen molar-refractivity contribution in [3.8, 4) is 0 Å². The number of carbonyl (C=O) groups excluding carboxylic acids is 1. The van der Waals surface area contributed by atoms with E-state index in [0.717, 1.165) is 6.42 Å². The Bertz CT molecular complexity index is 65.5. The summed E-state index contributed by atoms with van der Waals surface area (Å²) in [7, 11) is 0. The number of rotatable bonds is 3. The topological polar surface area (TPSA) is 26.3 Å². The summed E-state index contributed by atoms with van der Waals surface area (Å²) in [5, 5.41) is 0. The Morgan fingerprint density at radius 2 is 2.00 bits per heavy atom. The molecule has 0 bridgehead atoms. The number of ether oxygens (including phenoxy) is 1. The van der Waals surface area contributed by atoms with E-state index in [4.69, 9.17) is 0 Å². The third-order valence-electron chi connectivity index (χ3n) is 0.759. The van der Waals surface area contributed by atoms with Crippen LogP contribution in [-0.2, 0) is 9.53 Å². The monoisotopic (exact) mass is 140 g/mol. The van der Waals surface area contributed by atoms with Crippen molar-refractivity contribution in [1.29, 1.82) is 0 Å². The van der Waals surface area contributed by atoms with Gasteiger partial charge in [-0.15, -0.1) is 0 Å². The van der Waals surface area contributed by atoms with Gasteiger partial charge in [-0.3, -0.25) is 4.79 Å². The molecule has 0 atom stereocenters. The van der Waals surface area contributed by atoms with Crippen molar-refractivity contribution in [2.24, 2.45) is 0 Å². The molecule has 0 N–H and O–H groups in total. The molecule has 0 heterocycles. The first kappa shape index (κ1) is 12.2. The Kier molecular flexibility index (Phi) is 11.5. The molecule has 0 amide bonds. The molecule has 3 heteroatoms. The minimum absolute atomic E-state index is 0. The summed E-state index contributed by atoms with van der Waals surface area (Å²) < 4.78 is 4.64. The molecule has 0 spiro atoms. The van der Waals surface area contributed by atoms with Crippen molar-refractivity contribution >= 4 is 35.5 Å². The van der Waals surface area contributed by atoms with Gasteiger partial charge in [0.25, 0.3) is 0 Å². The SMILES string of the molecule is CCCC(=O)OCC.[NaH]. The molecular formula is C6H13NaO2. The number of hydrogen-bond donors (Lipinski definition) is 0. The Morgan fingerprint density at radius 3 is 2.33 bits per heavy atom. The minimum atomic E-state index is -0.0880. The van der Waals surface area contributed by atoms with Gasteiger partial charge in [0.2, 0.25) is 0 Å². The van der Waals surface area contributed by atoms with Gasteiger partial charge in [-0.25, -0.2) is 0 Å². The molecule has 0 rings (SSSR count). The van der Waals surface area contributed by atoms with Crippen LogP contribution in [0.3, 0.4) is 0 Å². The molecule has 0 radical (unpaired) electrons. The van der Waals surface area contributed by atoms with Crippen molar-refractivity contribution in [1.82, 2.24) is 0 Å². The van der Waals surface area contributed by atoms with Crippen LogP contribution in [0.15, 0.2) is 0 Å². The van der Waals surface area contributed by atoms with Crippen molar-refractivity contribution in [3.63, 3.8) is 0 Å².